The largest absolute Gasteiger partial charge is 0.489 e. The van der Waals surface area contributed by atoms with Crippen LogP contribution in [0.1, 0.15) is 22.3 Å². The Morgan fingerprint density at radius 3 is 2.50 bits per heavy atom. The van der Waals surface area contributed by atoms with Crippen molar-refractivity contribution in [2.45, 2.75) is 27.4 Å². The second-order valence-electron chi connectivity index (χ2n) is 5.84. The standard InChI is InChI=1S/C19H23BrN2O2/c1-12-9-14(3)18(10-13(12)2)24-11-15-16(20)7-6-8-17(15)22(5)19(23)21-4/h6-10H,11H2,1-5H3,(H,21,23). The molecule has 0 aliphatic carbocycles. The summed E-state index contributed by atoms with van der Waals surface area (Å²) in [7, 11) is 3.36. The first-order valence-corrected chi connectivity index (χ1v) is 8.58. The number of carbonyl (C=O) groups excluding carboxylic acids is 1. The molecule has 1 N–H and O–H groups in total. The normalized spacial score (nSPS) is 10.4. The number of rotatable bonds is 4. The highest BCUT2D eigenvalue weighted by molar-refractivity contribution is 9.10. The van der Waals surface area contributed by atoms with Gasteiger partial charge >= 0.3 is 6.03 Å². The fourth-order valence-electron chi connectivity index (χ4n) is 2.52. The fourth-order valence-corrected chi connectivity index (χ4v) is 2.99. The molecular weight excluding hydrogens is 368 g/mol. The third-order valence-electron chi connectivity index (χ3n) is 4.14. The lowest BCUT2D eigenvalue weighted by molar-refractivity contribution is 0.249. The smallest absolute Gasteiger partial charge is 0.321 e. The van der Waals surface area contributed by atoms with Crippen LogP contribution in [0.3, 0.4) is 0 Å². The Hall–Kier alpha value is -2.01. The molecule has 0 fully saturated rings. The number of amides is 2. The molecule has 0 aliphatic heterocycles. The van der Waals surface area contributed by atoms with Gasteiger partial charge in [-0.15, -0.1) is 0 Å². The molecule has 0 aliphatic rings. The zero-order valence-electron chi connectivity index (χ0n) is 14.7. The number of nitrogens with zero attached hydrogens (tertiary/aromatic N) is 1. The number of halogens is 1. The molecule has 0 aromatic heterocycles. The van der Waals surface area contributed by atoms with Crippen molar-refractivity contribution in [3.05, 3.63) is 57.1 Å². The topological polar surface area (TPSA) is 41.6 Å². The lowest BCUT2D eigenvalue weighted by atomic mass is 10.1. The molecule has 0 spiro atoms. The minimum Gasteiger partial charge on any atom is -0.489 e. The lowest BCUT2D eigenvalue weighted by Crippen LogP contribution is -2.35. The van der Waals surface area contributed by atoms with Crippen molar-refractivity contribution in [2.24, 2.45) is 0 Å². The highest BCUT2D eigenvalue weighted by atomic mass is 79.9. The van der Waals surface area contributed by atoms with Gasteiger partial charge in [-0.05, 0) is 55.7 Å². The van der Waals surface area contributed by atoms with Crippen LogP contribution in [0.15, 0.2) is 34.8 Å². The number of aryl methyl sites for hydroxylation is 3. The lowest BCUT2D eigenvalue weighted by Gasteiger charge is -2.22. The Kier molecular flexibility index (Phi) is 5.89. The van der Waals surface area contributed by atoms with E-state index in [1.165, 1.54) is 11.1 Å². The second kappa shape index (κ2) is 7.71. The molecule has 2 aromatic carbocycles. The highest BCUT2D eigenvalue weighted by Crippen LogP contribution is 2.30. The third-order valence-corrected chi connectivity index (χ3v) is 4.88. The van der Waals surface area contributed by atoms with Crippen LogP contribution in [-0.2, 0) is 6.61 Å². The Morgan fingerprint density at radius 2 is 1.83 bits per heavy atom. The Morgan fingerprint density at radius 1 is 1.17 bits per heavy atom. The first kappa shape index (κ1) is 18.3. The number of nitrogens with one attached hydrogen (secondary N) is 1. The van der Waals surface area contributed by atoms with Gasteiger partial charge in [-0.25, -0.2) is 4.79 Å². The molecule has 2 amide bonds. The first-order chi connectivity index (χ1) is 11.3. The van der Waals surface area contributed by atoms with Crippen LogP contribution in [0.2, 0.25) is 0 Å². The number of ether oxygens (including phenoxy) is 1. The van der Waals surface area contributed by atoms with E-state index in [1.807, 2.05) is 25.1 Å². The van der Waals surface area contributed by atoms with Crippen molar-refractivity contribution in [2.75, 3.05) is 19.0 Å². The molecule has 24 heavy (non-hydrogen) atoms. The van der Waals surface area contributed by atoms with Gasteiger partial charge in [-0.3, -0.25) is 4.90 Å². The molecule has 0 saturated carbocycles. The highest BCUT2D eigenvalue weighted by Gasteiger charge is 2.16. The maximum atomic E-state index is 11.9. The number of anilines is 1. The van der Waals surface area contributed by atoms with Gasteiger partial charge in [-0.1, -0.05) is 28.1 Å². The number of hydrogen-bond acceptors (Lipinski definition) is 2. The predicted octanol–water partition coefficient (Wildman–Crippen LogP) is 4.73. The number of urea groups is 1. The van der Waals surface area contributed by atoms with Gasteiger partial charge in [0.25, 0.3) is 0 Å². The molecule has 128 valence electrons. The molecule has 2 rings (SSSR count). The summed E-state index contributed by atoms with van der Waals surface area (Å²) >= 11 is 3.57. The van der Waals surface area contributed by atoms with Crippen LogP contribution in [0.4, 0.5) is 10.5 Å². The van der Waals surface area contributed by atoms with Gasteiger partial charge in [-0.2, -0.15) is 0 Å². The summed E-state index contributed by atoms with van der Waals surface area (Å²) in [6, 6.07) is 9.78. The Bertz CT molecular complexity index is 759. The van der Waals surface area contributed by atoms with Crippen molar-refractivity contribution < 1.29 is 9.53 Å². The summed E-state index contributed by atoms with van der Waals surface area (Å²) in [4.78, 5) is 13.5. The molecule has 0 unspecified atom stereocenters. The zero-order valence-corrected chi connectivity index (χ0v) is 16.3. The first-order valence-electron chi connectivity index (χ1n) is 7.78. The zero-order chi connectivity index (χ0) is 17.9. The summed E-state index contributed by atoms with van der Waals surface area (Å²) in [5, 5.41) is 2.64. The van der Waals surface area contributed by atoms with Gasteiger partial charge in [0.2, 0.25) is 0 Å². The monoisotopic (exact) mass is 390 g/mol. The van der Waals surface area contributed by atoms with Crippen molar-refractivity contribution in [1.82, 2.24) is 5.32 Å². The van der Waals surface area contributed by atoms with Crippen molar-refractivity contribution >= 4 is 27.6 Å². The van der Waals surface area contributed by atoms with Crippen LogP contribution in [0, 0.1) is 20.8 Å². The summed E-state index contributed by atoms with van der Waals surface area (Å²) in [6.07, 6.45) is 0. The number of carbonyl (C=O) groups is 1. The molecule has 0 atom stereocenters. The second-order valence-corrected chi connectivity index (χ2v) is 6.70. The number of hydrogen-bond donors (Lipinski definition) is 1. The van der Waals surface area contributed by atoms with E-state index < -0.39 is 0 Å². The van der Waals surface area contributed by atoms with E-state index in [0.717, 1.165) is 27.0 Å². The van der Waals surface area contributed by atoms with Crippen LogP contribution in [-0.4, -0.2) is 20.1 Å². The SMILES string of the molecule is CNC(=O)N(C)c1cccc(Br)c1COc1cc(C)c(C)cc1C. The van der Waals surface area contributed by atoms with E-state index >= 15 is 0 Å². The van der Waals surface area contributed by atoms with Gasteiger partial charge in [0.05, 0.1) is 5.69 Å². The van der Waals surface area contributed by atoms with E-state index in [-0.39, 0.29) is 6.03 Å². The third kappa shape index (κ3) is 3.90. The summed E-state index contributed by atoms with van der Waals surface area (Å²) in [5.74, 6) is 0.863. The van der Waals surface area contributed by atoms with Gasteiger partial charge in [0, 0.05) is 24.1 Å². The number of benzene rings is 2. The fraction of sp³-hybridized carbons (Fsp3) is 0.316. The maximum Gasteiger partial charge on any atom is 0.321 e. The average Bonchev–Trinajstić information content (AvgIpc) is 2.56. The van der Waals surface area contributed by atoms with E-state index in [0.29, 0.717) is 6.61 Å². The quantitative estimate of drug-likeness (QED) is 0.819. The van der Waals surface area contributed by atoms with Gasteiger partial charge < -0.3 is 10.1 Å². The van der Waals surface area contributed by atoms with Gasteiger partial charge in [0.15, 0.2) is 0 Å². The van der Waals surface area contributed by atoms with Gasteiger partial charge in [0.1, 0.15) is 12.4 Å². The molecule has 0 bridgehead atoms. The summed E-state index contributed by atoms with van der Waals surface area (Å²) < 4.78 is 6.97. The van der Waals surface area contributed by atoms with Crippen molar-refractivity contribution in [3.8, 4) is 5.75 Å². The summed E-state index contributed by atoms with van der Waals surface area (Å²) in [5.41, 5.74) is 5.30. The Balaban J connectivity index is 2.30. The summed E-state index contributed by atoms with van der Waals surface area (Å²) in [6.45, 7) is 6.59. The molecule has 0 saturated heterocycles. The molecule has 4 nitrogen and oxygen atoms in total. The molecule has 5 heteroatoms. The molecule has 0 radical (unpaired) electrons. The van der Waals surface area contributed by atoms with Crippen molar-refractivity contribution in [3.63, 3.8) is 0 Å². The minimum atomic E-state index is -0.170. The maximum absolute atomic E-state index is 11.9. The predicted molar refractivity (Wildman–Crippen MR) is 102 cm³/mol. The van der Waals surface area contributed by atoms with Crippen LogP contribution >= 0.6 is 15.9 Å². The van der Waals surface area contributed by atoms with Crippen LogP contribution in [0.25, 0.3) is 0 Å². The molecule has 2 aromatic rings. The van der Waals surface area contributed by atoms with Crippen molar-refractivity contribution in [1.29, 1.82) is 0 Å². The minimum absolute atomic E-state index is 0.170. The van der Waals surface area contributed by atoms with E-state index in [1.54, 1.807) is 19.0 Å². The molecular formula is C19H23BrN2O2. The van der Waals surface area contributed by atoms with Crippen LogP contribution in [0.5, 0.6) is 5.75 Å². The van der Waals surface area contributed by atoms with E-state index in [4.69, 9.17) is 4.74 Å². The van der Waals surface area contributed by atoms with E-state index in [2.05, 4.69) is 47.2 Å². The molecule has 0 heterocycles. The average molecular weight is 391 g/mol. The van der Waals surface area contributed by atoms with Crippen LogP contribution < -0.4 is 15.0 Å². The van der Waals surface area contributed by atoms with E-state index in [9.17, 15) is 4.79 Å². The Labute approximate surface area is 151 Å².